The summed E-state index contributed by atoms with van der Waals surface area (Å²) in [6, 6.07) is 8.64. The second-order valence-electron chi connectivity index (χ2n) is 5.70. The Balaban J connectivity index is 1.77. The molecule has 0 amide bonds. The van der Waals surface area contributed by atoms with Crippen molar-refractivity contribution in [3.05, 3.63) is 41.5 Å². The van der Waals surface area contributed by atoms with Crippen LogP contribution in [-0.2, 0) is 22.9 Å². The molecule has 0 aliphatic carbocycles. The molecule has 0 atom stereocenters. The van der Waals surface area contributed by atoms with E-state index in [0.29, 0.717) is 54.6 Å². The van der Waals surface area contributed by atoms with Crippen LogP contribution >= 0.6 is 0 Å². The van der Waals surface area contributed by atoms with Gasteiger partial charge in [-0.1, -0.05) is 0 Å². The van der Waals surface area contributed by atoms with E-state index < -0.39 is 10.0 Å². The summed E-state index contributed by atoms with van der Waals surface area (Å²) in [5, 5.41) is 0. The lowest BCUT2D eigenvalue weighted by Gasteiger charge is -2.15. The van der Waals surface area contributed by atoms with Gasteiger partial charge in [-0.05, 0) is 30.3 Å². The van der Waals surface area contributed by atoms with E-state index >= 15 is 0 Å². The molecule has 2 aliphatic rings. The van der Waals surface area contributed by atoms with E-state index in [-0.39, 0.29) is 4.90 Å². The largest absolute Gasteiger partial charge is 0.497 e. The highest BCUT2D eigenvalue weighted by molar-refractivity contribution is 7.92. The highest BCUT2D eigenvalue weighted by Crippen LogP contribution is 2.43. The summed E-state index contributed by atoms with van der Waals surface area (Å²) in [5.74, 6) is 1.77. The zero-order valence-electron chi connectivity index (χ0n) is 13.2. The number of benzene rings is 2. The smallest absolute Gasteiger partial charge is 0.266 e. The lowest BCUT2D eigenvalue weighted by atomic mass is 10.1. The number of nitrogens with one attached hydrogen (secondary N) is 1. The average molecular weight is 347 g/mol. The van der Waals surface area contributed by atoms with Crippen molar-refractivity contribution in [1.29, 1.82) is 0 Å². The number of ether oxygens (including phenoxy) is 3. The SMILES string of the molecule is COc1ccc(NS(=O)(=O)c2c3c(cc4c2OCC4)OCC3)cc1. The Kier molecular flexibility index (Phi) is 3.53. The molecular formula is C17H17NO5S. The Labute approximate surface area is 140 Å². The molecule has 1 N–H and O–H groups in total. The van der Waals surface area contributed by atoms with Crippen LogP contribution in [0.3, 0.4) is 0 Å². The van der Waals surface area contributed by atoms with E-state index in [0.717, 1.165) is 5.56 Å². The van der Waals surface area contributed by atoms with Crippen molar-refractivity contribution < 1.29 is 22.6 Å². The van der Waals surface area contributed by atoms with Crippen LogP contribution in [0.25, 0.3) is 0 Å². The van der Waals surface area contributed by atoms with E-state index in [1.165, 1.54) is 0 Å². The lowest BCUT2D eigenvalue weighted by molar-refractivity contribution is 0.348. The minimum absolute atomic E-state index is 0.209. The molecule has 6 nitrogen and oxygen atoms in total. The summed E-state index contributed by atoms with van der Waals surface area (Å²) >= 11 is 0. The Hall–Kier alpha value is -2.41. The second-order valence-corrected chi connectivity index (χ2v) is 7.32. The predicted octanol–water partition coefficient (Wildman–Crippen LogP) is 2.37. The second kappa shape index (κ2) is 5.59. The topological polar surface area (TPSA) is 73.9 Å². The molecule has 2 aromatic carbocycles. The van der Waals surface area contributed by atoms with E-state index in [1.54, 1.807) is 31.4 Å². The van der Waals surface area contributed by atoms with Gasteiger partial charge in [0.2, 0.25) is 0 Å². The monoisotopic (exact) mass is 347 g/mol. The zero-order valence-corrected chi connectivity index (χ0v) is 14.0. The Morgan fingerprint density at radius 2 is 1.83 bits per heavy atom. The van der Waals surface area contributed by atoms with Gasteiger partial charge >= 0.3 is 0 Å². The van der Waals surface area contributed by atoms with Gasteiger partial charge in [-0.15, -0.1) is 0 Å². The first-order chi connectivity index (χ1) is 11.6. The van der Waals surface area contributed by atoms with E-state index in [2.05, 4.69) is 4.72 Å². The van der Waals surface area contributed by atoms with Crippen LogP contribution in [0.5, 0.6) is 17.2 Å². The predicted molar refractivity (Wildman–Crippen MR) is 88.6 cm³/mol. The van der Waals surface area contributed by atoms with Crippen LogP contribution in [0, 0.1) is 0 Å². The standard InChI is InChI=1S/C17H17NO5S/c1-21-13-4-2-12(3-5-13)18-24(19,20)17-14-7-9-22-15(14)10-11-6-8-23-16(11)17/h2-5,10,18H,6-9H2,1H3. The van der Waals surface area contributed by atoms with Crippen molar-refractivity contribution in [3.63, 3.8) is 0 Å². The van der Waals surface area contributed by atoms with Crippen molar-refractivity contribution in [2.24, 2.45) is 0 Å². The molecule has 0 spiro atoms. The van der Waals surface area contributed by atoms with Crippen molar-refractivity contribution in [1.82, 2.24) is 0 Å². The molecule has 0 saturated carbocycles. The van der Waals surface area contributed by atoms with E-state index in [9.17, 15) is 8.42 Å². The van der Waals surface area contributed by atoms with Crippen LogP contribution in [0.4, 0.5) is 5.69 Å². The van der Waals surface area contributed by atoms with Crippen molar-refractivity contribution in [2.45, 2.75) is 17.7 Å². The van der Waals surface area contributed by atoms with Crippen molar-refractivity contribution in [3.8, 4) is 17.2 Å². The Morgan fingerprint density at radius 1 is 1.08 bits per heavy atom. The fourth-order valence-electron chi connectivity index (χ4n) is 3.09. The maximum absolute atomic E-state index is 13.0. The molecule has 2 aliphatic heterocycles. The molecule has 2 aromatic rings. The van der Waals surface area contributed by atoms with Gasteiger partial charge in [0.05, 0.1) is 20.3 Å². The van der Waals surface area contributed by atoms with Crippen LogP contribution in [0.2, 0.25) is 0 Å². The molecule has 24 heavy (non-hydrogen) atoms. The van der Waals surface area contributed by atoms with E-state index in [1.807, 2.05) is 6.07 Å². The minimum Gasteiger partial charge on any atom is -0.497 e. The Morgan fingerprint density at radius 3 is 2.58 bits per heavy atom. The summed E-state index contributed by atoms with van der Waals surface area (Å²) in [6.07, 6.45) is 1.25. The minimum atomic E-state index is -3.78. The van der Waals surface area contributed by atoms with Crippen LogP contribution in [0.1, 0.15) is 11.1 Å². The van der Waals surface area contributed by atoms with Gasteiger partial charge in [0.25, 0.3) is 10.0 Å². The molecule has 0 fully saturated rings. The third-order valence-electron chi connectivity index (χ3n) is 4.21. The molecule has 2 heterocycles. The first-order valence-corrected chi connectivity index (χ1v) is 9.18. The Bertz CT molecular complexity index is 858. The number of rotatable bonds is 4. The molecule has 7 heteroatoms. The highest BCUT2D eigenvalue weighted by atomic mass is 32.2. The summed E-state index contributed by atoms with van der Waals surface area (Å²) in [4.78, 5) is 0.209. The van der Waals surface area contributed by atoms with Gasteiger partial charge in [-0.25, -0.2) is 8.42 Å². The number of hydrogen-bond donors (Lipinski definition) is 1. The molecular weight excluding hydrogens is 330 g/mol. The van der Waals surface area contributed by atoms with Crippen LogP contribution in [0.15, 0.2) is 35.2 Å². The number of fused-ring (bicyclic) bond motifs is 2. The number of anilines is 1. The van der Waals surface area contributed by atoms with Gasteiger partial charge in [-0.2, -0.15) is 0 Å². The van der Waals surface area contributed by atoms with Crippen LogP contribution < -0.4 is 18.9 Å². The normalized spacial score (nSPS) is 15.2. The molecule has 0 aromatic heterocycles. The highest BCUT2D eigenvalue weighted by Gasteiger charge is 2.33. The molecule has 126 valence electrons. The molecule has 4 rings (SSSR count). The fraction of sp³-hybridized carbons (Fsp3) is 0.294. The summed E-state index contributed by atoms with van der Waals surface area (Å²) in [7, 11) is -2.22. The quantitative estimate of drug-likeness (QED) is 0.919. The number of sulfonamides is 1. The number of methoxy groups -OCH3 is 1. The van der Waals surface area contributed by atoms with Crippen molar-refractivity contribution >= 4 is 15.7 Å². The summed E-state index contributed by atoms with van der Waals surface area (Å²) < 4.78 is 44.9. The summed E-state index contributed by atoms with van der Waals surface area (Å²) in [5.41, 5.74) is 2.04. The first kappa shape index (κ1) is 15.1. The van der Waals surface area contributed by atoms with Crippen molar-refractivity contribution in [2.75, 3.05) is 25.0 Å². The maximum Gasteiger partial charge on any atom is 0.266 e. The third-order valence-corrected chi connectivity index (χ3v) is 5.69. The fourth-order valence-corrected chi connectivity index (χ4v) is 4.60. The summed E-state index contributed by atoms with van der Waals surface area (Å²) in [6.45, 7) is 0.979. The van der Waals surface area contributed by atoms with Gasteiger partial charge in [0, 0.05) is 29.7 Å². The van der Waals surface area contributed by atoms with Crippen LogP contribution in [-0.4, -0.2) is 28.7 Å². The molecule has 0 bridgehead atoms. The van der Waals surface area contributed by atoms with E-state index in [4.69, 9.17) is 14.2 Å². The molecule has 0 radical (unpaired) electrons. The lowest BCUT2D eigenvalue weighted by Crippen LogP contribution is -2.16. The third kappa shape index (κ3) is 2.45. The first-order valence-electron chi connectivity index (χ1n) is 7.70. The zero-order chi connectivity index (χ0) is 16.7. The molecule has 0 unspecified atom stereocenters. The van der Waals surface area contributed by atoms with Gasteiger partial charge in [0.15, 0.2) is 0 Å². The average Bonchev–Trinajstić information content (AvgIpc) is 3.20. The number of hydrogen-bond acceptors (Lipinski definition) is 5. The molecule has 0 saturated heterocycles. The van der Waals surface area contributed by atoms with Gasteiger partial charge in [-0.3, -0.25) is 4.72 Å². The maximum atomic E-state index is 13.0. The van der Waals surface area contributed by atoms with Gasteiger partial charge in [0.1, 0.15) is 22.1 Å². The van der Waals surface area contributed by atoms with Gasteiger partial charge < -0.3 is 14.2 Å².